The van der Waals surface area contributed by atoms with Crippen molar-refractivity contribution in [3.8, 4) is 0 Å². The van der Waals surface area contributed by atoms with Crippen LogP contribution >= 0.6 is 0 Å². The molecule has 0 radical (unpaired) electrons. The highest BCUT2D eigenvalue weighted by Crippen LogP contribution is 2.12. The Hall–Kier alpha value is -1.84. The number of carbonyl (C=O) groups is 2. The lowest BCUT2D eigenvalue weighted by molar-refractivity contribution is -0.120. The predicted octanol–water partition coefficient (Wildman–Crippen LogP) is 3.52. The molecule has 0 aliphatic carbocycles. The third-order valence-electron chi connectivity index (χ3n) is 3.77. The average molecular weight is 304 g/mol. The lowest BCUT2D eigenvalue weighted by Crippen LogP contribution is -2.30. The molecule has 0 heterocycles. The molecular formula is C18H28N2O2. The number of hydrogen-bond donors (Lipinski definition) is 2. The minimum absolute atomic E-state index is 0.0576. The van der Waals surface area contributed by atoms with Crippen LogP contribution in [0.4, 0.5) is 5.69 Å². The normalized spacial score (nSPS) is 11.8. The Morgan fingerprint density at radius 3 is 2.36 bits per heavy atom. The Balaban J connectivity index is 2.39. The molecule has 0 spiro atoms. The second-order valence-corrected chi connectivity index (χ2v) is 5.78. The van der Waals surface area contributed by atoms with Crippen LogP contribution in [0, 0.1) is 5.92 Å². The zero-order valence-electron chi connectivity index (χ0n) is 13.9. The fourth-order valence-electron chi connectivity index (χ4n) is 2.36. The highest BCUT2D eigenvalue weighted by atomic mass is 16.2. The minimum atomic E-state index is -0.0943. The van der Waals surface area contributed by atoms with E-state index in [1.165, 1.54) is 26.2 Å². The van der Waals surface area contributed by atoms with Crippen LogP contribution in [0.3, 0.4) is 0 Å². The quantitative estimate of drug-likeness (QED) is 0.733. The molecule has 0 aliphatic heterocycles. The number of hydrogen-bond acceptors (Lipinski definition) is 2. The zero-order chi connectivity index (χ0) is 16.4. The molecule has 0 fully saturated rings. The van der Waals surface area contributed by atoms with Gasteiger partial charge in [0.2, 0.25) is 11.8 Å². The molecule has 1 aromatic rings. The van der Waals surface area contributed by atoms with E-state index < -0.39 is 0 Å². The molecular weight excluding hydrogens is 276 g/mol. The van der Waals surface area contributed by atoms with Crippen molar-refractivity contribution >= 4 is 17.5 Å². The van der Waals surface area contributed by atoms with E-state index >= 15 is 0 Å². The first-order chi connectivity index (χ1) is 10.5. The van der Waals surface area contributed by atoms with Crippen LogP contribution in [0.5, 0.6) is 0 Å². The van der Waals surface area contributed by atoms with Crippen LogP contribution in [0.15, 0.2) is 24.3 Å². The summed E-state index contributed by atoms with van der Waals surface area (Å²) in [6, 6.07) is 7.39. The molecule has 1 atom stereocenters. The van der Waals surface area contributed by atoms with Gasteiger partial charge in [-0.1, -0.05) is 45.2 Å². The first-order valence-corrected chi connectivity index (χ1v) is 8.18. The molecule has 0 saturated heterocycles. The molecule has 4 heteroatoms. The van der Waals surface area contributed by atoms with Crippen molar-refractivity contribution in [2.24, 2.45) is 5.92 Å². The lowest BCUT2D eigenvalue weighted by atomic mass is 9.99. The number of amides is 2. The van der Waals surface area contributed by atoms with Crippen LogP contribution in [0.25, 0.3) is 0 Å². The molecule has 1 rings (SSSR count). The number of carbonyl (C=O) groups excluding carboxylic acids is 2. The molecule has 0 bridgehead atoms. The van der Waals surface area contributed by atoms with Gasteiger partial charge in [-0.05, 0) is 30.0 Å². The third kappa shape index (κ3) is 7.25. The highest BCUT2D eigenvalue weighted by Gasteiger charge is 2.09. The summed E-state index contributed by atoms with van der Waals surface area (Å²) in [5.74, 6) is 0.538. The van der Waals surface area contributed by atoms with Crippen molar-refractivity contribution in [2.45, 2.75) is 52.9 Å². The maximum Gasteiger partial charge on any atom is 0.224 e. The van der Waals surface area contributed by atoms with Crippen molar-refractivity contribution in [1.29, 1.82) is 0 Å². The number of unbranched alkanes of at least 4 members (excludes halogenated alkanes) is 1. The maximum absolute atomic E-state index is 12.0. The van der Waals surface area contributed by atoms with Crippen LogP contribution < -0.4 is 10.6 Å². The van der Waals surface area contributed by atoms with Gasteiger partial charge in [-0.3, -0.25) is 9.59 Å². The monoisotopic (exact) mass is 304 g/mol. The van der Waals surface area contributed by atoms with E-state index in [0.29, 0.717) is 12.3 Å². The molecule has 0 saturated carbocycles. The van der Waals surface area contributed by atoms with Crippen LogP contribution in [-0.2, 0) is 16.0 Å². The number of anilines is 1. The Kier molecular flexibility index (Phi) is 8.26. The van der Waals surface area contributed by atoms with Gasteiger partial charge in [-0.2, -0.15) is 0 Å². The summed E-state index contributed by atoms with van der Waals surface area (Å²) in [4.78, 5) is 22.9. The molecule has 122 valence electrons. The number of nitrogens with one attached hydrogen (secondary N) is 2. The van der Waals surface area contributed by atoms with Crippen molar-refractivity contribution in [3.63, 3.8) is 0 Å². The molecule has 1 unspecified atom stereocenters. The summed E-state index contributed by atoms with van der Waals surface area (Å²) in [7, 11) is 0. The topological polar surface area (TPSA) is 58.2 Å². The van der Waals surface area contributed by atoms with Crippen LogP contribution in [0.1, 0.15) is 52.0 Å². The van der Waals surface area contributed by atoms with Crippen molar-refractivity contribution in [3.05, 3.63) is 29.8 Å². The van der Waals surface area contributed by atoms with E-state index in [-0.39, 0.29) is 11.8 Å². The highest BCUT2D eigenvalue weighted by molar-refractivity contribution is 5.88. The zero-order valence-corrected chi connectivity index (χ0v) is 13.9. The van der Waals surface area contributed by atoms with E-state index in [2.05, 4.69) is 24.5 Å². The fourth-order valence-corrected chi connectivity index (χ4v) is 2.36. The standard InChI is InChI=1S/C18H28N2O2/c1-4-6-7-15(5-2)13-19-18(22)12-16-8-10-17(11-9-16)20-14(3)21/h8-11,15H,4-7,12-13H2,1-3H3,(H,19,22)(H,20,21). The molecule has 22 heavy (non-hydrogen) atoms. The van der Waals surface area contributed by atoms with Gasteiger partial charge in [0.25, 0.3) is 0 Å². The summed E-state index contributed by atoms with van der Waals surface area (Å²) in [5.41, 5.74) is 1.70. The molecule has 2 N–H and O–H groups in total. The second-order valence-electron chi connectivity index (χ2n) is 5.78. The van der Waals surface area contributed by atoms with Gasteiger partial charge in [0, 0.05) is 19.2 Å². The Labute approximate surface area is 133 Å². The smallest absolute Gasteiger partial charge is 0.224 e. The van der Waals surface area contributed by atoms with E-state index in [0.717, 1.165) is 24.2 Å². The molecule has 1 aromatic carbocycles. The minimum Gasteiger partial charge on any atom is -0.356 e. The fraction of sp³-hybridized carbons (Fsp3) is 0.556. The van der Waals surface area contributed by atoms with E-state index in [4.69, 9.17) is 0 Å². The van der Waals surface area contributed by atoms with Gasteiger partial charge < -0.3 is 10.6 Å². The van der Waals surface area contributed by atoms with Gasteiger partial charge in [-0.25, -0.2) is 0 Å². The molecule has 2 amide bonds. The second kappa shape index (κ2) is 9.98. The SMILES string of the molecule is CCCCC(CC)CNC(=O)Cc1ccc(NC(C)=O)cc1. The maximum atomic E-state index is 12.0. The Morgan fingerprint density at radius 2 is 1.82 bits per heavy atom. The van der Waals surface area contributed by atoms with Gasteiger partial charge in [0.15, 0.2) is 0 Å². The van der Waals surface area contributed by atoms with Gasteiger partial charge in [0.1, 0.15) is 0 Å². The van der Waals surface area contributed by atoms with Crippen LogP contribution in [-0.4, -0.2) is 18.4 Å². The first kappa shape index (κ1) is 18.2. The van der Waals surface area contributed by atoms with Gasteiger partial charge in [-0.15, -0.1) is 0 Å². The van der Waals surface area contributed by atoms with E-state index in [1.54, 1.807) is 0 Å². The van der Waals surface area contributed by atoms with Crippen LogP contribution in [0.2, 0.25) is 0 Å². The number of benzene rings is 1. The summed E-state index contributed by atoms with van der Waals surface area (Å²) < 4.78 is 0. The van der Waals surface area contributed by atoms with Gasteiger partial charge in [0.05, 0.1) is 6.42 Å². The van der Waals surface area contributed by atoms with E-state index in [9.17, 15) is 9.59 Å². The first-order valence-electron chi connectivity index (χ1n) is 8.18. The van der Waals surface area contributed by atoms with Crippen molar-refractivity contribution < 1.29 is 9.59 Å². The van der Waals surface area contributed by atoms with Gasteiger partial charge >= 0.3 is 0 Å². The summed E-state index contributed by atoms with van der Waals surface area (Å²) in [6.45, 7) is 6.60. The third-order valence-corrected chi connectivity index (χ3v) is 3.77. The predicted molar refractivity (Wildman–Crippen MR) is 90.8 cm³/mol. The largest absolute Gasteiger partial charge is 0.356 e. The Bertz CT molecular complexity index is 468. The summed E-state index contributed by atoms with van der Waals surface area (Å²) in [5, 5.41) is 5.74. The average Bonchev–Trinajstić information content (AvgIpc) is 2.49. The summed E-state index contributed by atoms with van der Waals surface area (Å²) in [6.07, 6.45) is 5.08. The van der Waals surface area contributed by atoms with Crippen molar-refractivity contribution in [2.75, 3.05) is 11.9 Å². The van der Waals surface area contributed by atoms with E-state index in [1.807, 2.05) is 24.3 Å². The number of rotatable bonds is 9. The molecule has 0 aromatic heterocycles. The van der Waals surface area contributed by atoms with Crippen molar-refractivity contribution in [1.82, 2.24) is 5.32 Å². The summed E-state index contributed by atoms with van der Waals surface area (Å²) >= 11 is 0. The lowest BCUT2D eigenvalue weighted by Gasteiger charge is -2.15. The molecule has 4 nitrogen and oxygen atoms in total. The molecule has 0 aliphatic rings. The Morgan fingerprint density at radius 1 is 1.14 bits per heavy atom.